The topological polar surface area (TPSA) is 72.2 Å². The summed E-state index contributed by atoms with van der Waals surface area (Å²) < 4.78 is 0.975. The monoisotopic (exact) mass is 234 g/mol. The number of rotatable bonds is 2. The number of anilines is 1. The van der Waals surface area contributed by atoms with Gasteiger partial charge in [-0.25, -0.2) is 0 Å². The van der Waals surface area contributed by atoms with Gasteiger partial charge in [0.25, 0.3) is 5.91 Å². The van der Waals surface area contributed by atoms with Crippen molar-refractivity contribution in [1.29, 1.82) is 0 Å². The van der Waals surface area contributed by atoms with Crippen molar-refractivity contribution in [3.05, 3.63) is 29.1 Å². The number of fused-ring (bicyclic) bond motifs is 1. The summed E-state index contributed by atoms with van der Waals surface area (Å²) in [6.07, 6.45) is 0. The molecule has 0 unspecified atom stereocenters. The standard InChI is InChI=1S/C11H10N2O2S/c1-6(14)13-8-2-3-9-7(4-8)5-10(16-9)11(12)15/h2-5H,1H3,(H2,12,15)(H,13,14). The van der Waals surface area contributed by atoms with Crippen LogP contribution in [0.15, 0.2) is 24.3 Å². The zero-order valence-electron chi connectivity index (χ0n) is 8.61. The van der Waals surface area contributed by atoms with E-state index in [-0.39, 0.29) is 5.91 Å². The predicted octanol–water partition coefficient (Wildman–Crippen LogP) is 1.96. The molecule has 1 aromatic carbocycles. The van der Waals surface area contributed by atoms with Crippen molar-refractivity contribution in [2.24, 2.45) is 5.73 Å². The highest BCUT2D eigenvalue weighted by atomic mass is 32.1. The van der Waals surface area contributed by atoms with E-state index in [1.807, 2.05) is 12.1 Å². The first-order valence-electron chi connectivity index (χ1n) is 4.67. The Bertz CT molecular complexity index is 574. The van der Waals surface area contributed by atoms with Gasteiger partial charge in [0.1, 0.15) is 0 Å². The number of carbonyl (C=O) groups excluding carboxylic acids is 2. The van der Waals surface area contributed by atoms with Crippen molar-refractivity contribution in [2.75, 3.05) is 5.32 Å². The average Bonchev–Trinajstić information content (AvgIpc) is 2.59. The number of hydrogen-bond acceptors (Lipinski definition) is 3. The highest BCUT2D eigenvalue weighted by Gasteiger charge is 2.07. The summed E-state index contributed by atoms with van der Waals surface area (Å²) in [6, 6.07) is 7.20. The van der Waals surface area contributed by atoms with Crippen LogP contribution >= 0.6 is 11.3 Å². The molecule has 0 spiro atoms. The Hall–Kier alpha value is -1.88. The van der Waals surface area contributed by atoms with Crippen molar-refractivity contribution in [3.63, 3.8) is 0 Å². The lowest BCUT2D eigenvalue weighted by molar-refractivity contribution is -0.114. The zero-order valence-corrected chi connectivity index (χ0v) is 9.43. The zero-order chi connectivity index (χ0) is 11.7. The van der Waals surface area contributed by atoms with Crippen LogP contribution < -0.4 is 11.1 Å². The van der Waals surface area contributed by atoms with Gasteiger partial charge < -0.3 is 11.1 Å². The van der Waals surface area contributed by atoms with Crippen LogP contribution in [0.1, 0.15) is 16.6 Å². The molecule has 5 heteroatoms. The summed E-state index contributed by atoms with van der Waals surface area (Å²) in [7, 11) is 0. The van der Waals surface area contributed by atoms with Crippen LogP contribution in [-0.2, 0) is 4.79 Å². The molecule has 0 bridgehead atoms. The lowest BCUT2D eigenvalue weighted by Crippen LogP contribution is -2.08. The van der Waals surface area contributed by atoms with Gasteiger partial charge in [0.2, 0.25) is 5.91 Å². The van der Waals surface area contributed by atoms with E-state index in [9.17, 15) is 9.59 Å². The molecule has 82 valence electrons. The lowest BCUT2D eigenvalue weighted by atomic mass is 10.2. The van der Waals surface area contributed by atoms with Crippen LogP contribution in [0.2, 0.25) is 0 Å². The number of nitrogens with one attached hydrogen (secondary N) is 1. The van der Waals surface area contributed by atoms with Gasteiger partial charge in [0.05, 0.1) is 4.88 Å². The van der Waals surface area contributed by atoms with E-state index in [0.717, 1.165) is 10.1 Å². The molecule has 0 atom stereocenters. The highest BCUT2D eigenvalue weighted by Crippen LogP contribution is 2.27. The molecule has 0 radical (unpaired) electrons. The van der Waals surface area contributed by atoms with Gasteiger partial charge in [0, 0.05) is 17.3 Å². The molecule has 0 aliphatic carbocycles. The van der Waals surface area contributed by atoms with Gasteiger partial charge in [-0.1, -0.05) is 0 Å². The second-order valence-electron chi connectivity index (χ2n) is 3.41. The number of thiophene rings is 1. The van der Waals surface area contributed by atoms with E-state index >= 15 is 0 Å². The fourth-order valence-corrected chi connectivity index (χ4v) is 2.34. The second-order valence-corrected chi connectivity index (χ2v) is 4.49. The van der Waals surface area contributed by atoms with E-state index in [4.69, 9.17) is 5.73 Å². The van der Waals surface area contributed by atoms with Crippen LogP contribution in [-0.4, -0.2) is 11.8 Å². The van der Waals surface area contributed by atoms with E-state index in [0.29, 0.717) is 10.6 Å². The molecule has 4 nitrogen and oxygen atoms in total. The van der Waals surface area contributed by atoms with Gasteiger partial charge in [-0.2, -0.15) is 0 Å². The average molecular weight is 234 g/mol. The fourth-order valence-electron chi connectivity index (χ4n) is 1.45. The lowest BCUT2D eigenvalue weighted by Gasteiger charge is -2.00. The molecule has 0 saturated carbocycles. The largest absolute Gasteiger partial charge is 0.365 e. The first-order chi connectivity index (χ1) is 7.56. The number of amides is 2. The third-order valence-corrected chi connectivity index (χ3v) is 3.21. The van der Waals surface area contributed by atoms with Gasteiger partial charge >= 0.3 is 0 Å². The minimum Gasteiger partial charge on any atom is -0.365 e. The molecule has 1 heterocycles. The van der Waals surface area contributed by atoms with Crippen molar-refractivity contribution in [2.45, 2.75) is 6.92 Å². The molecule has 2 rings (SSSR count). The molecule has 0 aliphatic heterocycles. The van der Waals surface area contributed by atoms with E-state index < -0.39 is 5.91 Å². The maximum Gasteiger partial charge on any atom is 0.258 e. The van der Waals surface area contributed by atoms with Crippen LogP contribution in [0, 0.1) is 0 Å². The number of primary amides is 1. The first-order valence-corrected chi connectivity index (χ1v) is 5.49. The normalized spacial score (nSPS) is 10.3. The maximum absolute atomic E-state index is 11.0. The minimum absolute atomic E-state index is 0.121. The number of nitrogens with two attached hydrogens (primary N) is 1. The fraction of sp³-hybridized carbons (Fsp3) is 0.0909. The van der Waals surface area contributed by atoms with Crippen molar-refractivity contribution in [3.8, 4) is 0 Å². The summed E-state index contributed by atoms with van der Waals surface area (Å²) in [5.74, 6) is -0.549. The Morgan fingerprint density at radius 3 is 2.69 bits per heavy atom. The summed E-state index contributed by atoms with van der Waals surface area (Å²) in [6.45, 7) is 1.45. The summed E-state index contributed by atoms with van der Waals surface area (Å²) in [4.78, 5) is 22.4. The van der Waals surface area contributed by atoms with Crippen molar-refractivity contribution in [1.82, 2.24) is 0 Å². The molecule has 2 aromatic rings. The summed E-state index contributed by atoms with van der Waals surface area (Å²) in [5, 5.41) is 3.59. The maximum atomic E-state index is 11.0. The number of benzene rings is 1. The second kappa shape index (κ2) is 3.94. The summed E-state index contributed by atoms with van der Waals surface area (Å²) in [5.41, 5.74) is 5.91. The van der Waals surface area contributed by atoms with Crippen LogP contribution in [0.5, 0.6) is 0 Å². The summed E-state index contributed by atoms with van der Waals surface area (Å²) >= 11 is 1.35. The van der Waals surface area contributed by atoms with E-state index in [1.54, 1.807) is 12.1 Å². The Balaban J connectivity index is 2.45. The van der Waals surface area contributed by atoms with Gasteiger partial charge in [0.15, 0.2) is 0 Å². The predicted molar refractivity (Wildman–Crippen MR) is 64.6 cm³/mol. The molecular weight excluding hydrogens is 224 g/mol. The number of carbonyl (C=O) groups is 2. The molecule has 2 amide bonds. The Morgan fingerprint density at radius 1 is 1.31 bits per heavy atom. The van der Waals surface area contributed by atoms with Gasteiger partial charge in [-0.3, -0.25) is 9.59 Å². The molecule has 0 aliphatic rings. The van der Waals surface area contributed by atoms with Crippen LogP contribution in [0.3, 0.4) is 0 Å². The van der Waals surface area contributed by atoms with E-state index in [1.165, 1.54) is 18.3 Å². The molecule has 0 fully saturated rings. The Kier molecular flexibility index (Phi) is 2.62. The van der Waals surface area contributed by atoms with Gasteiger partial charge in [-0.05, 0) is 29.7 Å². The molecule has 3 N–H and O–H groups in total. The Labute approximate surface area is 96.1 Å². The third kappa shape index (κ3) is 2.04. The highest BCUT2D eigenvalue weighted by molar-refractivity contribution is 7.20. The number of hydrogen-bond donors (Lipinski definition) is 2. The Morgan fingerprint density at radius 2 is 2.06 bits per heavy atom. The quantitative estimate of drug-likeness (QED) is 0.833. The molecule has 0 saturated heterocycles. The van der Waals surface area contributed by atoms with Crippen LogP contribution in [0.25, 0.3) is 10.1 Å². The van der Waals surface area contributed by atoms with Crippen LogP contribution in [0.4, 0.5) is 5.69 Å². The van der Waals surface area contributed by atoms with Crippen molar-refractivity contribution < 1.29 is 9.59 Å². The molecular formula is C11H10N2O2S. The van der Waals surface area contributed by atoms with E-state index in [2.05, 4.69) is 5.32 Å². The van der Waals surface area contributed by atoms with Gasteiger partial charge in [-0.15, -0.1) is 11.3 Å². The van der Waals surface area contributed by atoms with Crippen molar-refractivity contribution >= 4 is 38.9 Å². The first kappa shape index (κ1) is 10.6. The third-order valence-electron chi connectivity index (χ3n) is 2.08. The molecule has 1 aromatic heterocycles. The molecule has 16 heavy (non-hydrogen) atoms. The minimum atomic E-state index is -0.428. The smallest absolute Gasteiger partial charge is 0.258 e. The SMILES string of the molecule is CC(=O)Nc1ccc2sc(C(N)=O)cc2c1.